The van der Waals surface area contributed by atoms with Gasteiger partial charge in [-0.15, -0.1) is 10.2 Å². The van der Waals surface area contributed by atoms with Crippen LogP contribution in [-0.4, -0.2) is 33.5 Å². The standard InChI is InChI=1S/C22H25BrN4O3S/c1-13-6-7-17(18(8-13)29-5)30-11-19-25-26-22(27(19)4)31-12-20(28)24-21-14(2)9-16(23)10-15(21)3/h6-10H,11-12H2,1-5H3,(H,24,28). The molecule has 2 aromatic carbocycles. The third kappa shape index (κ3) is 5.80. The average Bonchev–Trinajstić information content (AvgIpc) is 3.07. The monoisotopic (exact) mass is 504 g/mol. The van der Waals surface area contributed by atoms with Crippen LogP contribution in [0.2, 0.25) is 0 Å². The number of nitrogens with zero attached hydrogens (tertiary/aromatic N) is 3. The van der Waals surface area contributed by atoms with Crippen molar-refractivity contribution in [2.75, 3.05) is 18.2 Å². The van der Waals surface area contributed by atoms with E-state index in [1.807, 2.05) is 62.7 Å². The van der Waals surface area contributed by atoms with Crippen molar-refractivity contribution in [3.63, 3.8) is 0 Å². The first-order valence-electron chi connectivity index (χ1n) is 9.63. The van der Waals surface area contributed by atoms with Gasteiger partial charge in [0.05, 0.1) is 12.9 Å². The lowest BCUT2D eigenvalue weighted by Crippen LogP contribution is -2.16. The van der Waals surface area contributed by atoms with E-state index in [9.17, 15) is 4.79 Å². The van der Waals surface area contributed by atoms with Crippen LogP contribution >= 0.6 is 27.7 Å². The van der Waals surface area contributed by atoms with Gasteiger partial charge in [-0.3, -0.25) is 4.79 Å². The Morgan fingerprint density at radius 3 is 2.52 bits per heavy atom. The summed E-state index contributed by atoms with van der Waals surface area (Å²) in [5, 5.41) is 12.0. The number of methoxy groups -OCH3 is 1. The number of ether oxygens (including phenoxy) is 2. The van der Waals surface area contributed by atoms with Crippen LogP contribution in [0.4, 0.5) is 5.69 Å². The first kappa shape index (κ1) is 23.1. The molecule has 1 aromatic heterocycles. The molecule has 3 aromatic rings. The number of halogens is 1. The Balaban J connectivity index is 1.59. The lowest BCUT2D eigenvalue weighted by molar-refractivity contribution is -0.113. The number of anilines is 1. The summed E-state index contributed by atoms with van der Waals surface area (Å²) in [7, 11) is 3.47. The third-order valence-electron chi connectivity index (χ3n) is 4.70. The number of carbonyl (C=O) groups is 1. The summed E-state index contributed by atoms with van der Waals surface area (Å²) in [4.78, 5) is 12.5. The predicted octanol–water partition coefficient (Wildman–Crippen LogP) is 4.82. The molecule has 0 spiro atoms. The van der Waals surface area contributed by atoms with Crippen LogP contribution in [0.25, 0.3) is 0 Å². The maximum atomic E-state index is 12.5. The van der Waals surface area contributed by atoms with E-state index < -0.39 is 0 Å². The minimum atomic E-state index is -0.0938. The van der Waals surface area contributed by atoms with Crippen LogP contribution in [0.1, 0.15) is 22.5 Å². The van der Waals surface area contributed by atoms with Crippen molar-refractivity contribution in [2.45, 2.75) is 32.5 Å². The zero-order valence-corrected chi connectivity index (χ0v) is 20.6. The Hall–Kier alpha value is -2.52. The quantitative estimate of drug-likeness (QED) is 0.443. The zero-order valence-electron chi connectivity index (χ0n) is 18.2. The molecule has 0 atom stereocenters. The fraction of sp³-hybridized carbons (Fsp3) is 0.318. The second kappa shape index (κ2) is 10.2. The summed E-state index contributed by atoms with van der Waals surface area (Å²) in [6, 6.07) is 9.71. The van der Waals surface area contributed by atoms with E-state index in [0.29, 0.717) is 22.5 Å². The number of hydrogen-bond donors (Lipinski definition) is 1. The molecule has 0 unspecified atom stereocenters. The number of benzene rings is 2. The Kier molecular flexibility index (Phi) is 7.61. The number of amides is 1. The molecular weight excluding hydrogens is 480 g/mol. The predicted molar refractivity (Wildman–Crippen MR) is 126 cm³/mol. The van der Waals surface area contributed by atoms with Gasteiger partial charge >= 0.3 is 0 Å². The fourth-order valence-corrected chi connectivity index (χ4v) is 4.46. The van der Waals surface area contributed by atoms with Crippen molar-refractivity contribution in [1.82, 2.24) is 14.8 Å². The lowest BCUT2D eigenvalue weighted by Gasteiger charge is -2.12. The lowest BCUT2D eigenvalue weighted by atomic mass is 10.1. The van der Waals surface area contributed by atoms with Gasteiger partial charge in [-0.25, -0.2) is 0 Å². The maximum absolute atomic E-state index is 12.5. The van der Waals surface area contributed by atoms with Crippen LogP contribution in [-0.2, 0) is 18.4 Å². The average molecular weight is 505 g/mol. The van der Waals surface area contributed by atoms with Gasteiger partial charge in [0.2, 0.25) is 5.91 Å². The van der Waals surface area contributed by atoms with E-state index in [1.165, 1.54) is 11.8 Å². The Labute approximate surface area is 194 Å². The second-order valence-electron chi connectivity index (χ2n) is 7.15. The van der Waals surface area contributed by atoms with Crippen LogP contribution in [0, 0.1) is 20.8 Å². The van der Waals surface area contributed by atoms with Crippen molar-refractivity contribution < 1.29 is 14.3 Å². The maximum Gasteiger partial charge on any atom is 0.234 e. The summed E-state index contributed by atoms with van der Waals surface area (Å²) < 4.78 is 14.1. The van der Waals surface area contributed by atoms with E-state index >= 15 is 0 Å². The molecular formula is C22H25BrN4O3S. The number of hydrogen-bond acceptors (Lipinski definition) is 6. The Morgan fingerprint density at radius 1 is 1.13 bits per heavy atom. The summed E-state index contributed by atoms with van der Waals surface area (Å²) in [6.45, 7) is 6.18. The molecule has 0 fully saturated rings. The summed E-state index contributed by atoms with van der Waals surface area (Å²) >= 11 is 4.80. The van der Waals surface area contributed by atoms with Crippen LogP contribution in [0.15, 0.2) is 40.0 Å². The zero-order chi connectivity index (χ0) is 22.5. The third-order valence-corrected chi connectivity index (χ3v) is 6.17. The molecule has 7 nitrogen and oxygen atoms in total. The number of aryl methyl sites for hydroxylation is 3. The van der Waals surface area contributed by atoms with Crippen molar-refractivity contribution in [2.24, 2.45) is 7.05 Å². The highest BCUT2D eigenvalue weighted by Crippen LogP contribution is 2.29. The smallest absolute Gasteiger partial charge is 0.234 e. The van der Waals surface area contributed by atoms with Gasteiger partial charge in [0.25, 0.3) is 0 Å². The van der Waals surface area contributed by atoms with Gasteiger partial charge < -0.3 is 19.4 Å². The fourth-order valence-electron chi connectivity index (χ4n) is 3.05. The number of rotatable bonds is 8. The highest BCUT2D eigenvalue weighted by molar-refractivity contribution is 9.10. The van der Waals surface area contributed by atoms with Gasteiger partial charge in [-0.05, 0) is 61.7 Å². The van der Waals surface area contributed by atoms with Gasteiger partial charge in [0.1, 0.15) is 6.61 Å². The van der Waals surface area contributed by atoms with Crippen LogP contribution < -0.4 is 14.8 Å². The molecule has 1 N–H and O–H groups in total. The molecule has 0 aliphatic carbocycles. The first-order chi connectivity index (χ1) is 14.8. The number of aromatic nitrogens is 3. The number of thioether (sulfide) groups is 1. The molecule has 0 aliphatic rings. The van der Waals surface area contributed by atoms with Crippen molar-refractivity contribution >= 4 is 39.3 Å². The molecule has 0 bridgehead atoms. The minimum Gasteiger partial charge on any atom is -0.493 e. The van der Waals surface area contributed by atoms with Crippen molar-refractivity contribution in [1.29, 1.82) is 0 Å². The number of carbonyl (C=O) groups excluding carboxylic acids is 1. The van der Waals surface area contributed by atoms with E-state index in [0.717, 1.165) is 26.9 Å². The first-order valence-corrected chi connectivity index (χ1v) is 11.4. The molecule has 0 radical (unpaired) electrons. The van der Waals surface area contributed by atoms with Gasteiger partial charge in [0.15, 0.2) is 22.5 Å². The minimum absolute atomic E-state index is 0.0938. The molecule has 0 aliphatic heterocycles. The molecule has 3 rings (SSSR count). The highest BCUT2D eigenvalue weighted by Gasteiger charge is 2.14. The molecule has 1 amide bonds. The van der Waals surface area contributed by atoms with E-state index in [-0.39, 0.29) is 18.3 Å². The van der Waals surface area contributed by atoms with E-state index in [4.69, 9.17) is 9.47 Å². The molecule has 0 saturated carbocycles. The van der Waals surface area contributed by atoms with Gasteiger partial charge in [-0.2, -0.15) is 0 Å². The van der Waals surface area contributed by atoms with Crippen molar-refractivity contribution in [3.05, 3.63) is 57.3 Å². The molecule has 31 heavy (non-hydrogen) atoms. The summed E-state index contributed by atoms with van der Waals surface area (Å²) in [5.41, 5.74) is 3.95. The van der Waals surface area contributed by atoms with Crippen LogP contribution in [0.5, 0.6) is 11.5 Å². The summed E-state index contributed by atoms with van der Waals surface area (Å²) in [5.74, 6) is 2.11. The van der Waals surface area contributed by atoms with Crippen LogP contribution in [0.3, 0.4) is 0 Å². The summed E-state index contributed by atoms with van der Waals surface area (Å²) in [6.07, 6.45) is 0. The SMILES string of the molecule is COc1cc(C)ccc1OCc1nnc(SCC(=O)Nc2c(C)cc(Br)cc2C)n1C. The molecule has 1 heterocycles. The Morgan fingerprint density at radius 2 is 1.84 bits per heavy atom. The van der Waals surface area contributed by atoms with Crippen molar-refractivity contribution in [3.8, 4) is 11.5 Å². The van der Waals surface area contributed by atoms with E-state index in [2.05, 4.69) is 31.4 Å². The number of nitrogens with one attached hydrogen (secondary N) is 1. The molecule has 0 saturated heterocycles. The topological polar surface area (TPSA) is 78.3 Å². The van der Waals surface area contributed by atoms with Gasteiger partial charge in [-0.1, -0.05) is 33.8 Å². The second-order valence-corrected chi connectivity index (χ2v) is 9.01. The molecule has 164 valence electrons. The largest absolute Gasteiger partial charge is 0.493 e. The van der Waals surface area contributed by atoms with Gasteiger partial charge in [0, 0.05) is 17.2 Å². The molecule has 9 heteroatoms. The normalized spacial score (nSPS) is 10.8. The van der Waals surface area contributed by atoms with E-state index in [1.54, 1.807) is 7.11 Å². The Bertz CT molecular complexity index is 1080. The highest BCUT2D eigenvalue weighted by atomic mass is 79.9.